The van der Waals surface area contributed by atoms with Crippen LogP contribution in [-0.4, -0.2) is 11.9 Å². The number of hydrogen-bond donors (Lipinski definition) is 1. The molecule has 3 heteroatoms. The van der Waals surface area contributed by atoms with Crippen molar-refractivity contribution in [1.82, 2.24) is 5.32 Å². The third-order valence-corrected chi connectivity index (χ3v) is 3.08. The van der Waals surface area contributed by atoms with Gasteiger partial charge in [-0.2, -0.15) is 0 Å². The standard InChI is InChI=1S/C13H16FNO/c1-8-3-4-12(14)11(7-8)13(16)15-10-5-9(2)6-10/h3-4,7,9-10H,5-6H2,1-2H3,(H,15,16). The molecule has 0 unspecified atom stereocenters. The van der Waals surface area contributed by atoms with Crippen LogP contribution in [-0.2, 0) is 0 Å². The van der Waals surface area contributed by atoms with Crippen LogP contribution in [0.15, 0.2) is 18.2 Å². The van der Waals surface area contributed by atoms with Gasteiger partial charge in [-0.15, -0.1) is 0 Å². The summed E-state index contributed by atoms with van der Waals surface area (Å²) in [6, 6.07) is 4.82. The van der Waals surface area contributed by atoms with Crippen LogP contribution < -0.4 is 5.32 Å². The normalized spacial score (nSPS) is 23.7. The summed E-state index contributed by atoms with van der Waals surface area (Å²) in [6.07, 6.45) is 2.00. The summed E-state index contributed by atoms with van der Waals surface area (Å²) >= 11 is 0. The number of aryl methyl sites for hydroxylation is 1. The SMILES string of the molecule is Cc1ccc(F)c(C(=O)NC2CC(C)C2)c1. The molecule has 16 heavy (non-hydrogen) atoms. The number of carbonyl (C=O) groups is 1. The van der Waals surface area contributed by atoms with Crippen LogP contribution in [0.2, 0.25) is 0 Å². The third-order valence-electron chi connectivity index (χ3n) is 3.08. The van der Waals surface area contributed by atoms with Gasteiger partial charge < -0.3 is 5.32 Å². The van der Waals surface area contributed by atoms with E-state index in [9.17, 15) is 9.18 Å². The van der Waals surface area contributed by atoms with Crippen molar-refractivity contribution >= 4 is 5.91 Å². The van der Waals surface area contributed by atoms with Crippen molar-refractivity contribution in [2.24, 2.45) is 5.92 Å². The maximum Gasteiger partial charge on any atom is 0.254 e. The minimum absolute atomic E-state index is 0.152. The molecule has 1 aromatic rings. The number of carbonyl (C=O) groups excluding carboxylic acids is 1. The Morgan fingerprint density at radius 3 is 2.75 bits per heavy atom. The molecule has 0 spiro atoms. The van der Waals surface area contributed by atoms with E-state index >= 15 is 0 Å². The zero-order chi connectivity index (χ0) is 11.7. The lowest BCUT2D eigenvalue weighted by Gasteiger charge is -2.33. The summed E-state index contributed by atoms with van der Waals surface area (Å²) in [4.78, 5) is 11.8. The lowest BCUT2D eigenvalue weighted by atomic mass is 9.82. The first-order valence-electron chi connectivity index (χ1n) is 5.63. The molecule has 1 aromatic carbocycles. The van der Waals surface area contributed by atoms with Crippen molar-refractivity contribution < 1.29 is 9.18 Å². The quantitative estimate of drug-likeness (QED) is 0.817. The molecule has 1 aliphatic rings. The first-order chi connectivity index (χ1) is 7.56. The van der Waals surface area contributed by atoms with E-state index in [0.717, 1.165) is 18.4 Å². The molecule has 1 saturated carbocycles. The average Bonchev–Trinajstić information content (AvgIpc) is 2.19. The fraction of sp³-hybridized carbons (Fsp3) is 0.462. The smallest absolute Gasteiger partial charge is 0.254 e. The number of halogens is 1. The fourth-order valence-electron chi connectivity index (χ4n) is 2.10. The molecule has 2 rings (SSSR count). The van der Waals surface area contributed by atoms with Crippen LogP contribution >= 0.6 is 0 Å². The third kappa shape index (κ3) is 2.23. The monoisotopic (exact) mass is 221 g/mol. The number of rotatable bonds is 2. The van der Waals surface area contributed by atoms with Gasteiger partial charge >= 0.3 is 0 Å². The molecule has 0 bridgehead atoms. The first kappa shape index (κ1) is 11.1. The van der Waals surface area contributed by atoms with Gasteiger partial charge in [0.15, 0.2) is 0 Å². The number of amides is 1. The summed E-state index contributed by atoms with van der Waals surface area (Å²) < 4.78 is 13.4. The Hall–Kier alpha value is -1.38. The molecule has 2 nitrogen and oxygen atoms in total. The van der Waals surface area contributed by atoms with E-state index in [2.05, 4.69) is 12.2 Å². The second-order valence-electron chi connectivity index (χ2n) is 4.73. The van der Waals surface area contributed by atoms with Gasteiger partial charge in [0.1, 0.15) is 5.82 Å². The molecule has 1 N–H and O–H groups in total. The van der Waals surface area contributed by atoms with E-state index in [1.165, 1.54) is 6.07 Å². The molecular formula is C13H16FNO. The van der Waals surface area contributed by atoms with E-state index in [1.54, 1.807) is 12.1 Å². The molecule has 0 radical (unpaired) electrons. The van der Waals surface area contributed by atoms with E-state index in [-0.39, 0.29) is 17.5 Å². The summed E-state index contributed by atoms with van der Waals surface area (Å²) in [5, 5.41) is 2.85. The maximum absolute atomic E-state index is 13.4. The fourth-order valence-corrected chi connectivity index (χ4v) is 2.10. The van der Waals surface area contributed by atoms with Crippen molar-refractivity contribution in [3.63, 3.8) is 0 Å². The van der Waals surface area contributed by atoms with Crippen molar-refractivity contribution in [3.8, 4) is 0 Å². The lowest BCUT2D eigenvalue weighted by Crippen LogP contribution is -2.43. The lowest BCUT2D eigenvalue weighted by molar-refractivity contribution is 0.0892. The predicted octanol–water partition coefficient (Wildman–Crippen LogP) is 2.66. The van der Waals surface area contributed by atoms with Crippen molar-refractivity contribution in [2.45, 2.75) is 32.7 Å². The van der Waals surface area contributed by atoms with Gasteiger partial charge in [-0.1, -0.05) is 18.6 Å². The van der Waals surface area contributed by atoms with Crippen LogP contribution in [0.25, 0.3) is 0 Å². The molecule has 1 fully saturated rings. The van der Waals surface area contributed by atoms with Crippen molar-refractivity contribution in [2.75, 3.05) is 0 Å². The molecule has 0 atom stereocenters. The Bertz CT molecular complexity index is 410. The van der Waals surface area contributed by atoms with E-state index in [1.807, 2.05) is 6.92 Å². The molecule has 0 aromatic heterocycles. The second kappa shape index (κ2) is 4.24. The summed E-state index contributed by atoms with van der Waals surface area (Å²) in [5.74, 6) is -0.0683. The average molecular weight is 221 g/mol. The highest BCUT2D eigenvalue weighted by atomic mass is 19.1. The highest BCUT2D eigenvalue weighted by molar-refractivity contribution is 5.94. The molecular weight excluding hydrogens is 205 g/mol. The van der Waals surface area contributed by atoms with Crippen LogP contribution in [0.1, 0.15) is 35.7 Å². The Morgan fingerprint density at radius 2 is 2.12 bits per heavy atom. The van der Waals surface area contributed by atoms with Crippen LogP contribution in [0.3, 0.4) is 0 Å². The highest BCUT2D eigenvalue weighted by Gasteiger charge is 2.27. The molecule has 1 aliphatic carbocycles. The minimum atomic E-state index is -0.449. The van der Waals surface area contributed by atoms with E-state index in [0.29, 0.717) is 5.92 Å². The van der Waals surface area contributed by atoms with Gasteiger partial charge in [0.2, 0.25) is 0 Å². The van der Waals surface area contributed by atoms with Gasteiger partial charge in [0.25, 0.3) is 5.91 Å². The zero-order valence-electron chi connectivity index (χ0n) is 9.59. The van der Waals surface area contributed by atoms with E-state index in [4.69, 9.17) is 0 Å². The zero-order valence-corrected chi connectivity index (χ0v) is 9.59. The largest absolute Gasteiger partial charge is 0.349 e. The Labute approximate surface area is 94.9 Å². The second-order valence-corrected chi connectivity index (χ2v) is 4.73. The Balaban J connectivity index is 2.05. The number of nitrogens with one attached hydrogen (secondary N) is 1. The van der Waals surface area contributed by atoms with Crippen LogP contribution in [0, 0.1) is 18.7 Å². The van der Waals surface area contributed by atoms with Gasteiger partial charge in [0, 0.05) is 6.04 Å². The molecule has 86 valence electrons. The molecule has 0 saturated heterocycles. The topological polar surface area (TPSA) is 29.1 Å². The molecule has 0 heterocycles. The highest BCUT2D eigenvalue weighted by Crippen LogP contribution is 2.26. The summed E-state index contributed by atoms with van der Waals surface area (Å²) in [5.41, 5.74) is 1.05. The van der Waals surface area contributed by atoms with Crippen molar-refractivity contribution in [1.29, 1.82) is 0 Å². The van der Waals surface area contributed by atoms with Gasteiger partial charge in [-0.05, 0) is 37.8 Å². The minimum Gasteiger partial charge on any atom is -0.349 e. The predicted molar refractivity (Wildman–Crippen MR) is 60.8 cm³/mol. The number of hydrogen-bond acceptors (Lipinski definition) is 1. The maximum atomic E-state index is 13.4. The van der Waals surface area contributed by atoms with Crippen LogP contribution in [0.4, 0.5) is 4.39 Å². The van der Waals surface area contributed by atoms with Crippen molar-refractivity contribution in [3.05, 3.63) is 35.1 Å². The number of benzene rings is 1. The summed E-state index contributed by atoms with van der Waals surface area (Å²) in [6.45, 7) is 4.00. The summed E-state index contributed by atoms with van der Waals surface area (Å²) in [7, 11) is 0. The van der Waals surface area contributed by atoms with Gasteiger partial charge in [0.05, 0.1) is 5.56 Å². The van der Waals surface area contributed by atoms with Crippen LogP contribution in [0.5, 0.6) is 0 Å². The Kier molecular flexibility index (Phi) is 2.95. The van der Waals surface area contributed by atoms with E-state index < -0.39 is 5.82 Å². The van der Waals surface area contributed by atoms with Gasteiger partial charge in [-0.25, -0.2) is 4.39 Å². The van der Waals surface area contributed by atoms with Gasteiger partial charge in [-0.3, -0.25) is 4.79 Å². The first-order valence-corrected chi connectivity index (χ1v) is 5.63. The molecule has 0 aliphatic heterocycles. The molecule has 1 amide bonds. The Morgan fingerprint density at radius 1 is 1.44 bits per heavy atom.